The zero-order valence-electron chi connectivity index (χ0n) is 12.8. The van der Waals surface area contributed by atoms with Crippen LogP contribution in [-0.2, 0) is 0 Å². The van der Waals surface area contributed by atoms with E-state index in [-0.39, 0.29) is 0 Å². The van der Waals surface area contributed by atoms with Crippen molar-refractivity contribution in [3.05, 3.63) is 0 Å². The van der Waals surface area contributed by atoms with Crippen LogP contribution in [0.1, 0.15) is 85.0 Å². The zero-order valence-corrected chi connectivity index (χ0v) is 12.8. The van der Waals surface area contributed by atoms with Crippen molar-refractivity contribution in [3.8, 4) is 0 Å². The molecule has 0 aromatic carbocycles. The molecule has 0 aromatic rings. The Morgan fingerprint density at radius 1 is 0.833 bits per heavy atom. The van der Waals surface area contributed by atoms with Gasteiger partial charge >= 0.3 is 0 Å². The van der Waals surface area contributed by atoms with Crippen molar-refractivity contribution in [3.63, 3.8) is 0 Å². The molecular weight excluding hydrogens is 218 g/mol. The van der Waals surface area contributed by atoms with E-state index >= 15 is 0 Å². The highest BCUT2D eigenvalue weighted by atomic mass is 15.0. The standard InChI is InChI=1S/C17H33N/c1-14-11-16(13-17(2,3)12-14)18-15-9-7-5-4-6-8-10-15/h14-16,18H,4-13H2,1-3H3. The smallest absolute Gasteiger partial charge is 0.00772 e. The van der Waals surface area contributed by atoms with Crippen LogP contribution >= 0.6 is 0 Å². The number of hydrogen-bond acceptors (Lipinski definition) is 1. The van der Waals surface area contributed by atoms with Crippen molar-refractivity contribution in [1.82, 2.24) is 5.32 Å². The monoisotopic (exact) mass is 251 g/mol. The molecule has 1 N–H and O–H groups in total. The first kappa shape index (κ1) is 14.4. The van der Waals surface area contributed by atoms with E-state index in [9.17, 15) is 0 Å². The third-order valence-electron chi connectivity index (χ3n) is 4.96. The lowest BCUT2D eigenvalue weighted by Crippen LogP contribution is -2.45. The molecule has 2 unspecified atom stereocenters. The van der Waals surface area contributed by atoms with Gasteiger partial charge in [0.05, 0.1) is 0 Å². The zero-order chi connectivity index (χ0) is 13.0. The summed E-state index contributed by atoms with van der Waals surface area (Å²) in [5.74, 6) is 0.903. The molecule has 1 heteroatoms. The van der Waals surface area contributed by atoms with Crippen LogP contribution in [0.5, 0.6) is 0 Å². The van der Waals surface area contributed by atoms with Gasteiger partial charge in [0.1, 0.15) is 0 Å². The van der Waals surface area contributed by atoms with E-state index in [0.717, 1.165) is 18.0 Å². The summed E-state index contributed by atoms with van der Waals surface area (Å²) in [5, 5.41) is 4.01. The van der Waals surface area contributed by atoms with Crippen molar-refractivity contribution in [2.24, 2.45) is 11.3 Å². The molecule has 0 amide bonds. The Bertz CT molecular complexity index is 238. The van der Waals surface area contributed by atoms with E-state index in [0.29, 0.717) is 5.41 Å². The summed E-state index contributed by atoms with van der Waals surface area (Å²) >= 11 is 0. The molecular formula is C17H33N. The van der Waals surface area contributed by atoms with Crippen LogP contribution in [0.4, 0.5) is 0 Å². The first-order valence-electron chi connectivity index (χ1n) is 8.31. The lowest BCUT2D eigenvalue weighted by molar-refractivity contribution is 0.140. The Morgan fingerprint density at radius 2 is 1.44 bits per heavy atom. The second kappa shape index (κ2) is 6.41. The molecule has 2 atom stereocenters. The van der Waals surface area contributed by atoms with Crippen LogP contribution in [0.15, 0.2) is 0 Å². The highest BCUT2D eigenvalue weighted by Gasteiger charge is 2.32. The second-order valence-corrected chi connectivity index (χ2v) is 7.82. The summed E-state index contributed by atoms with van der Waals surface area (Å²) in [5.41, 5.74) is 0.553. The molecule has 0 bridgehead atoms. The molecule has 0 aliphatic heterocycles. The second-order valence-electron chi connectivity index (χ2n) is 7.82. The Labute approximate surface area is 114 Å². The van der Waals surface area contributed by atoms with Crippen LogP contribution in [0.3, 0.4) is 0 Å². The Morgan fingerprint density at radius 3 is 2.06 bits per heavy atom. The SMILES string of the molecule is CC1CC(NC2CCCCCCC2)CC(C)(C)C1. The average molecular weight is 251 g/mol. The van der Waals surface area contributed by atoms with Crippen LogP contribution < -0.4 is 5.32 Å². The molecule has 0 spiro atoms. The van der Waals surface area contributed by atoms with E-state index in [1.165, 1.54) is 64.2 Å². The van der Waals surface area contributed by atoms with Gasteiger partial charge in [0.25, 0.3) is 0 Å². The van der Waals surface area contributed by atoms with Gasteiger partial charge in [-0.1, -0.05) is 52.9 Å². The maximum Gasteiger partial charge on any atom is 0.00772 e. The summed E-state index contributed by atoms with van der Waals surface area (Å²) in [4.78, 5) is 0. The van der Waals surface area contributed by atoms with E-state index in [4.69, 9.17) is 0 Å². The molecule has 0 radical (unpaired) electrons. The fourth-order valence-corrected chi connectivity index (χ4v) is 4.43. The molecule has 1 nitrogen and oxygen atoms in total. The number of hydrogen-bond donors (Lipinski definition) is 1. The molecule has 106 valence electrons. The molecule has 0 heterocycles. The summed E-state index contributed by atoms with van der Waals surface area (Å²) in [6.45, 7) is 7.35. The maximum atomic E-state index is 4.01. The van der Waals surface area contributed by atoms with Gasteiger partial charge in [-0.25, -0.2) is 0 Å². The van der Waals surface area contributed by atoms with Crippen molar-refractivity contribution in [1.29, 1.82) is 0 Å². The van der Waals surface area contributed by atoms with Gasteiger partial charge in [0.15, 0.2) is 0 Å². The molecule has 2 aliphatic carbocycles. The fourth-order valence-electron chi connectivity index (χ4n) is 4.43. The third-order valence-corrected chi connectivity index (χ3v) is 4.96. The van der Waals surface area contributed by atoms with Gasteiger partial charge < -0.3 is 5.32 Å². The minimum Gasteiger partial charge on any atom is -0.311 e. The predicted octanol–water partition coefficient (Wildman–Crippen LogP) is 4.90. The van der Waals surface area contributed by atoms with E-state index in [1.807, 2.05) is 0 Å². The van der Waals surface area contributed by atoms with Crippen molar-refractivity contribution in [2.45, 2.75) is 97.1 Å². The van der Waals surface area contributed by atoms with Gasteiger partial charge in [-0.15, -0.1) is 0 Å². The first-order valence-corrected chi connectivity index (χ1v) is 8.31. The van der Waals surface area contributed by atoms with Gasteiger partial charge in [0, 0.05) is 12.1 Å². The molecule has 2 saturated carbocycles. The molecule has 2 aliphatic rings. The summed E-state index contributed by atoms with van der Waals surface area (Å²) in [6, 6.07) is 1.60. The van der Waals surface area contributed by atoms with Crippen molar-refractivity contribution >= 4 is 0 Å². The Kier molecular flexibility index (Phi) is 5.12. The summed E-state index contributed by atoms with van der Waals surface area (Å²) in [6.07, 6.45) is 14.3. The topological polar surface area (TPSA) is 12.0 Å². The molecule has 0 aromatic heterocycles. The lowest BCUT2D eigenvalue weighted by Gasteiger charge is -2.41. The van der Waals surface area contributed by atoms with Crippen LogP contribution in [-0.4, -0.2) is 12.1 Å². The van der Waals surface area contributed by atoms with Gasteiger partial charge in [-0.3, -0.25) is 0 Å². The molecule has 2 rings (SSSR count). The largest absolute Gasteiger partial charge is 0.311 e. The molecule has 2 fully saturated rings. The predicted molar refractivity (Wildman–Crippen MR) is 79.8 cm³/mol. The molecule has 18 heavy (non-hydrogen) atoms. The highest BCUT2D eigenvalue weighted by Crippen LogP contribution is 2.38. The lowest BCUT2D eigenvalue weighted by atomic mass is 9.70. The normalized spacial score (nSPS) is 34.8. The minimum atomic E-state index is 0.553. The van der Waals surface area contributed by atoms with E-state index < -0.39 is 0 Å². The summed E-state index contributed by atoms with van der Waals surface area (Å²) in [7, 11) is 0. The van der Waals surface area contributed by atoms with E-state index in [2.05, 4.69) is 26.1 Å². The molecule has 0 saturated heterocycles. The summed E-state index contributed by atoms with van der Waals surface area (Å²) < 4.78 is 0. The van der Waals surface area contributed by atoms with Gasteiger partial charge in [-0.2, -0.15) is 0 Å². The number of rotatable bonds is 2. The average Bonchev–Trinajstić information content (AvgIpc) is 2.18. The van der Waals surface area contributed by atoms with Crippen molar-refractivity contribution < 1.29 is 0 Å². The van der Waals surface area contributed by atoms with Crippen LogP contribution in [0.25, 0.3) is 0 Å². The quantitative estimate of drug-likeness (QED) is 0.736. The third kappa shape index (κ3) is 4.57. The Hall–Kier alpha value is -0.0400. The van der Waals surface area contributed by atoms with Gasteiger partial charge in [0.2, 0.25) is 0 Å². The first-order chi connectivity index (χ1) is 8.55. The van der Waals surface area contributed by atoms with E-state index in [1.54, 1.807) is 0 Å². The minimum absolute atomic E-state index is 0.553. The highest BCUT2D eigenvalue weighted by molar-refractivity contribution is 4.88. The van der Waals surface area contributed by atoms with Crippen molar-refractivity contribution in [2.75, 3.05) is 0 Å². The fraction of sp³-hybridized carbons (Fsp3) is 1.00. The maximum absolute atomic E-state index is 4.01. The Balaban J connectivity index is 1.83. The number of nitrogens with one attached hydrogen (secondary N) is 1. The van der Waals surface area contributed by atoms with Gasteiger partial charge in [-0.05, 0) is 43.4 Å². The van der Waals surface area contributed by atoms with Crippen LogP contribution in [0.2, 0.25) is 0 Å². The van der Waals surface area contributed by atoms with Crippen LogP contribution in [0, 0.1) is 11.3 Å².